The highest BCUT2D eigenvalue weighted by Gasteiger charge is 2.53. The first kappa shape index (κ1) is 26.5. The second-order valence-corrected chi connectivity index (χ2v) is 12.5. The predicted octanol–water partition coefficient (Wildman–Crippen LogP) is 6.22. The number of hydrogen-bond donors (Lipinski definition) is 0. The van der Waals surface area contributed by atoms with E-state index in [1.807, 2.05) is 36.9 Å². The van der Waals surface area contributed by atoms with Crippen LogP contribution in [-0.2, 0) is 10.2 Å². The maximum atomic E-state index is 14.0. The predicted molar refractivity (Wildman–Crippen MR) is 150 cm³/mol. The standard InChI is InChI=1S/C31H39N5O5/c1-3-38-24-17-22(26-33-34-29(40-26)39-4-2)16-23(18-24)36(27(37)21-6-5-7-21)19-30-10-13-31(14-11-30,15-12-30)28-32-25(35-41-28)20-8-9-20/h16-18,20-21H,3-15,19H2,1-2H3. The van der Waals surface area contributed by atoms with E-state index in [9.17, 15) is 4.79 Å². The maximum Gasteiger partial charge on any atom is 0.414 e. The number of amides is 1. The van der Waals surface area contributed by atoms with E-state index in [2.05, 4.69) is 15.4 Å². The fourth-order valence-electron chi connectivity index (χ4n) is 6.91. The van der Waals surface area contributed by atoms with Crippen LogP contribution in [-0.4, -0.2) is 46.0 Å². The quantitative estimate of drug-likeness (QED) is 0.269. The molecule has 1 amide bonds. The number of aromatic nitrogens is 4. The van der Waals surface area contributed by atoms with E-state index in [-0.39, 0.29) is 28.7 Å². The zero-order valence-electron chi connectivity index (χ0n) is 24.1. The highest BCUT2D eigenvalue weighted by Crippen LogP contribution is 2.58. The molecule has 2 aromatic heterocycles. The van der Waals surface area contributed by atoms with E-state index in [0.717, 1.165) is 75.2 Å². The number of carbonyl (C=O) groups is 1. The molecule has 0 unspecified atom stereocenters. The van der Waals surface area contributed by atoms with Crippen LogP contribution in [0.1, 0.15) is 102 Å². The van der Waals surface area contributed by atoms with Gasteiger partial charge in [-0.1, -0.05) is 16.7 Å². The molecule has 10 heteroatoms. The zero-order valence-corrected chi connectivity index (χ0v) is 24.1. The summed E-state index contributed by atoms with van der Waals surface area (Å²) in [5.74, 6) is 3.54. The smallest absolute Gasteiger partial charge is 0.414 e. The molecule has 5 saturated carbocycles. The lowest BCUT2D eigenvalue weighted by Gasteiger charge is -2.53. The lowest BCUT2D eigenvalue weighted by atomic mass is 9.53. The fourth-order valence-corrected chi connectivity index (χ4v) is 6.91. The monoisotopic (exact) mass is 561 g/mol. The Hall–Kier alpha value is -3.43. The van der Waals surface area contributed by atoms with Crippen LogP contribution in [0.4, 0.5) is 5.69 Å². The number of nitrogens with zero attached hydrogens (tertiary/aromatic N) is 5. The summed E-state index contributed by atoms with van der Waals surface area (Å²) in [6.45, 7) is 5.47. The van der Waals surface area contributed by atoms with Gasteiger partial charge in [-0.3, -0.25) is 4.79 Å². The molecule has 1 aromatic carbocycles. The van der Waals surface area contributed by atoms with E-state index in [4.69, 9.17) is 23.4 Å². The van der Waals surface area contributed by atoms with Crippen LogP contribution in [0.5, 0.6) is 11.8 Å². The van der Waals surface area contributed by atoms with Gasteiger partial charge in [-0.2, -0.15) is 4.98 Å². The largest absolute Gasteiger partial charge is 0.494 e. The Balaban J connectivity index is 1.17. The van der Waals surface area contributed by atoms with Gasteiger partial charge in [-0.25, -0.2) is 0 Å². The van der Waals surface area contributed by atoms with Crippen LogP contribution < -0.4 is 14.4 Å². The summed E-state index contributed by atoms with van der Waals surface area (Å²) >= 11 is 0. The Morgan fingerprint density at radius 1 is 0.976 bits per heavy atom. The molecule has 2 bridgehead atoms. The van der Waals surface area contributed by atoms with Gasteiger partial charge >= 0.3 is 6.08 Å². The van der Waals surface area contributed by atoms with Crippen molar-refractivity contribution < 1.29 is 23.2 Å². The van der Waals surface area contributed by atoms with Crippen LogP contribution >= 0.6 is 0 Å². The summed E-state index contributed by atoms with van der Waals surface area (Å²) in [5.41, 5.74) is 1.59. The maximum absolute atomic E-state index is 14.0. The fraction of sp³-hybridized carbons (Fsp3) is 0.645. The van der Waals surface area contributed by atoms with Crippen molar-refractivity contribution in [2.24, 2.45) is 11.3 Å². The molecule has 41 heavy (non-hydrogen) atoms. The highest BCUT2D eigenvalue weighted by molar-refractivity contribution is 5.96. The summed E-state index contributed by atoms with van der Waals surface area (Å²) < 4.78 is 22.9. The van der Waals surface area contributed by atoms with Crippen LogP contribution in [0, 0.1) is 11.3 Å². The van der Waals surface area contributed by atoms with Gasteiger partial charge in [0.25, 0.3) is 5.89 Å². The Labute approximate surface area is 240 Å². The molecule has 0 radical (unpaired) electrons. The molecule has 0 N–H and O–H groups in total. The first-order chi connectivity index (χ1) is 20.0. The topological polar surface area (TPSA) is 117 Å². The van der Waals surface area contributed by atoms with E-state index in [0.29, 0.717) is 42.9 Å². The number of rotatable bonds is 11. The molecule has 8 rings (SSSR count). The summed E-state index contributed by atoms with van der Waals surface area (Å²) in [7, 11) is 0. The van der Waals surface area contributed by atoms with Crippen molar-refractivity contribution in [3.8, 4) is 23.3 Å². The molecule has 0 spiro atoms. The second-order valence-electron chi connectivity index (χ2n) is 12.5. The van der Waals surface area contributed by atoms with Gasteiger partial charge in [-0.05, 0) is 95.6 Å². The number of anilines is 1. The third kappa shape index (κ3) is 4.99. The molecule has 0 aliphatic heterocycles. The van der Waals surface area contributed by atoms with Crippen LogP contribution in [0.15, 0.2) is 27.1 Å². The number of benzene rings is 1. The number of carbonyl (C=O) groups excluding carboxylic acids is 1. The first-order valence-electron chi connectivity index (χ1n) is 15.4. The summed E-state index contributed by atoms with van der Waals surface area (Å²) in [5, 5.41) is 12.5. The van der Waals surface area contributed by atoms with Gasteiger partial charge in [0, 0.05) is 41.1 Å². The Morgan fingerprint density at radius 3 is 2.39 bits per heavy atom. The van der Waals surface area contributed by atoms with Gasteiger partial charge in [-0.15, -0.1) is 5.10 Å². The minimum Gasteiger partial charge on any atom is -0.494 e. The number of fused-ring (bicyclic) bond motifs is 3. The van der Waals surface area contributed by atoms with Gasteiger partial charge in [0.1, 0.15) is 5.75 Å². The summed E-state index contributed by atoms with van der Waals surface area (Å²) in [6, 6.07) is 5.84. The van der Waals surface area contributed by atoms with Crippen LogP contribution in [0.25, 0.3) is 11.5 Å². The molecule has 3 aromatic rings. The average molecular weight is 562 g/mol. The van der Waals surface area contributed by atoms with Crippen molar-refractivity contribution in [1.29, 1.82) is 0 Å². The molecule has 218 valence electrons. The van der Waals surface area contributed by atoms with Gasteiger partial charge in [0.2, 0.25) is 11.8 Å². The molecular weight excluding hydrogens is 522 g/mol. The second kappa shape index (κ2) is 10.4. The van der Waals surface area contributed by atoms with Crippen molar-refractivity contribution in [3.05, 3.63) is 29.9 Å². The molecule has 5 fully saturated rings. The van der Waals surface area contributed by atoms with Crippen LogP contribution in [0.3, 0.4) is 0 Å². The first-order valence-corrected chi connectivity index (χ1v) is 15.4. The molecule has 10 nitrogen and oxygen atoms in total. The molecule has 2 heterocycles. The molecular formula is C31H39N5O5. The molecule has 0 saturated heterocycles. The average Bonchev–Trinajstić information content (AvgIpc) is 3.48. The van der Waals surface area contributed by atoms with E-state index in [1.165, 1.54) is 12.8 Å². The minimum absolute atomic E-state index is 0.0109. The highest BCUT2D eigenvalue weighted by atomic mass is 16.6. The Morgan fingerprint density at radius 2 is 1.73 bits per heavy atom. The van der Waals surface area contributed by atoms with E-state index >= 15 is 0 Å². The van der Waals surface area contributed by atoms with Crippen molar-refractivity contribution >= 4 is 11.6 Å². The summed E-state index contributed by atoms with van der Waals surface area (Å²) in [4.78, 5) is 20.9. The van der Waals surface area contributed by atoms with Crippen molar-refractivity contribution in [2.45, 2.75) is 95.8 Å². The normalized spacial score (nSPS) is 25.6. The molecule has 5 aliphatic carbocycles. The third-order valence-corrected chi connectivity index (χ3v) is 9.89. The van der Waals surface area contributed by atoms with Crippen molar-refractivity contribution in [1.82, 2.24) is 20.3 Å². The van der Waals surface area contributed by atoms with E-state index in [1.54, 1.807) is 0 Å². The SMILES string of the molecule is CCOc1cc(-c2nnc(OCC)o2)cc(N(CC23CCC(c4nc(C5CC5)no4)(CC2)CC3)C(=O)C2CCC2)c1. The number of ether oxygens (including phenoxy) is 2. The summed E-state index contributed by atoms with van der Waals surface area (Å²) in [6.07, 6.45) is 11.7. The lowest BCUT2D eigenvalue weighted by Crippen LogP contribution is -2.52. The Kier molecular flexibility index (Phi) is 6.74. The molecule has 0 atom stereocenters. The zero-order chi connectivity index (χ0) is 28.0. The van der Waals surface area contributed by atoms with Gasteiger partial charge < -0.3 is 23.3 Å². The Bertz CT molecular complexity index is 1380. The van der Waals surface area contributed by atoms with Gasteiger partial charge in [0.15, 0.2) is 5.82 Å². The third-order valence-electron chi connectivity index (χ3n) is 9.89. The minimum atomic E-state index is -0.0109. The van der Waals surface area contributed by atoms with Crippen molar-refractivity contribution in [3.63, 3.8) is 0 Å². The lowest BCUT2D eigenvalue weighted by molar-refractivity contribution is -0.125. The van der Waals surface area contributed by atoms with Gasteiger partial charge in [0.05, 0.1) is 13.2 Å². The number of hydrogen-bond acceptors (Lipinski definition) is 9. The van der Waals surface area contributed by atoms with Crippen molar-refractivity contribution in [2.75, 3.05) is 24.7 Å². The van der Waals surface area contributed by atoms with Crippen LogP contribution in [0.2, 0.25) is 0 Å². The van der Waals surface area contributed by atoms with E-state index < -0.39 is 0 Å². The molecule has 5 aliphatic rings.